The molecule has 4 aromatic heterocycles. The molecule has 2 aliphatic heterocycles. The summed E-state index contributed by atoms with van der Waals surface area (Å²) in [6.07, 6.45) is 9.48. The van der Waals surface area contributed by atoms with Crippen LogP contribution in [-0.4, -0.2) is 190 Å². The number of thiazole rings is 4. The van der Waals surface area contributed by atoms with E-state index in [1.165, 1.54) is 38.7 Å². The number of ether oxygens (including phenoxy) is 4. The highest BCUT2D eigenvalue weighted by Crippen LogP contribution is 2.25. The first-order chi connectivity index (χ1) is 54.8. The summed E-state index contributed by atoms with van der Waals surface area (Å²) in [5.74, 6) is -0.607. The molecule has 2 fully saturated rings. The first kappa shape index (κ1) is 101. The molecule has 6 heterocycles. The van der Waals surface area contributed by atoms with Gasteiger partial charge in [-0.25, -0.2) is 29.1 Å². The molecule has 0 saturated carbocycles. The van der Waals surface area contributed by atoms with E-state index in [1.807, 2.05) is 88.5 Å². The molecule has 6 N–H and O–H groups in total. The Hall–Kier alpha value is -6.52. The number of urea groups is 2. The number of carbonyl (C=O) groups excluding carboxylic acids is 6. The van der Waals surface area contributed by atoms with Crippen molar-refractivity contribution in [1.29, 1.82) is 0 Å². The summed E-state index contributed by atoms with van der Waals surface area (Å²) in [5.41, 5.74) is 16.1. The Morgan fingerprint density at radius 3 is 1.28 bits per heavy atom. The fourth-order valence-electron chi connectivity index (χ4n) is 12.4. The number of morpholine rings is 2. The predicted octanol–water partition coefficient (Wildman–Crippen LogP) is 15.6. The van der Waals surface area contributed by atoms with Crippen molar-refractivity contribution in [3.8, 4) is 0 Å². The van der Waals surface area contributed by atoms with Gasteiger partial charge in [-0.15, -0.1) is 45.3 Å². The summed E-state index contributed by atoms with van der Waals surface area (Å²) in [6.45, 7) is 16.5. The normalized spacial score (nSPS) is 14.1. The van der Waals surface area contributed by atoms with E-state index in [0.29, 0.717) is 109 Å². The number of halogens is 3. The number of Topliss-reactive ketones (excluding diaryl/α,β-unsaturated/α-hetero) is 1. The number of rotatable bonds is 38. The number of nitrogens with two attached hydrogens (primary N) is 1. The molecule has 0 radical (unpaired) electrons. The second-order valence-electron chi connectivity index (χ2n) is 28.2. The number of ketones is 1. The molecule has 2 aliphatic rings. The molecule has 0 bridgehead atoms. The second-order valence-corrected chi connectivity index (χ2v) is 31.9. The third-order valence-corrected chi connectivity index (χ3v) is 22.4. The number of amides is 6. The lowest BCUT2D eigenvalue weighted by atomic mass is 9.86. The van der Waals surface area contributed by atoms with Gasteiger partial charge >= 0.3 is 24.2 Å². The Morgan fingerprint density at radius 1 is 0.530 bits per heavy atom. The van der Waals surface area contributed by atoms with Crippen molar-refractivity contribution in [1.82, 2.24) is 60.8 Å². The number of carboxylic acid groups (broad SMARTS) is 1. The summed E-state index contributed by atoms with van der Waals surface area (Å²) in [6, 6.07) is 38.1. The largest absolute Gasteiger partial charge is 0.548 e. The number of aliphatic carboxylic acids is 1. The number of benzene rings is 4. The van der Waals surface area contributed by atoms with E-state index in [0.717, 1.165) is 94.1 Å². The maximum absolute atomic E-state index is 14.3. The molecule has 4 aromatic carbocycles. The molecule has 0 spiro atoms. The Balaban J connectivity index is 0.000000385. The van der Waals surface area contributed by atoms with Crippen molar-refractivity contribution in [3.05, 3.63) is 216 Å². The number of alkyl carbamates (subject to hydrolysis) is 2. The molecule has 31 heteroatoms. The minimum absolute atomic E-state index is 0. The monoisotopic (exact) mass is 1990 g/mol. The number of carboxylic acids is 1. The van der Waals surface area contributed by atoms with Crippen molar-refractivity contribution >= 4 is 141 Å². The van der Waals surface area contributed by atoms with Crippen LogP contribution in [0.4, 0.5) is 19.2 Å². The third-order valence-electron chi connectivity index (χ3n) is 18.5. The van der Waals surface area contributed by atoms with Gasteiger partial charge in [-0.2, -0.15) is 0 Å². The summed E-state index contributed by atoms with van der Waals surface area (Å²) in [7, 11) is 3.37. The van der Waals surface area contributed by atoms with Crippen LogP contribution in [0.3, 0.4) is 0 Å². The molecule has 8 aromatic rings. The topological polar surface area (TPSA) is 301 Å². The molecule has 6 amide bonds. The predicted molar refractivity (Wildman–Crippen MR) is 488 cm³/mol. The van der Waals surface area contributed by atoms with E-state index in [9.17, 15) is 33.9 Å². The van der Waals surface area contributed by atoms with Crippen molar-refractivity contribution in [2.24, 2.45) is 11.7 Å². The van der Waals surface area contributed by atoms with Gasteiger partial charge in [0.05, 0.1) is 99.7 Å². The number of aromatic nitrogens is 4. The molecule has 0 aliphatic carbocycles. The second kappa shape index (κ2) is 58.4. The van der Waals surface area contributed by atoms with Gasteiger partial charge in [0.1, 0.15) is 13.2 Å². The van der Waals surface area contributed by atoms with Crippen LogP contribution >= 0.6 is 105 Å². The number of nitrogens with zero attached hydrogens (tertiary/aromatic N) is 8. The van der Waals surface area contributed by atoms with Gasteiger partial charge in [0.2, 0.25) is 0 Å². The lowest BCUT2D eigenvalue weighted by Gasteiger charge is -2.29. The summed E-state index contributed by atoms with van der Waals surface area (Å²) >= 11 is 12.5. The zero-order valence-electron chi connectivity index (χ0n) is 66.7. The van der Waals surface area contributed by atoms with Gasteiger partial charge in [-0.1, -0.05) is 179 Å². The average molecular weight is 1990 g/mol. The van der Waals surface area contributed by atoms with Gasteiger partial charge in [-0.3, -0.25) is 24.6 Å². The Morgan fingerprint density at radius 2 is 0.904 bits per heavy atom. The zero-order chi connectivity index (χ0) is 81.5. The van der Waals surface area contributed by atoms with Crippen LogP contribution < -0.4 is 32.1 Å². The quantitative estimate of drug-likeness (QED) is 0.0136. The smallest absolute Gasteiger partial charge is 0.407 e. The average Bonchev–Trinajstić information content (AvgIpc) is 1.84. The molecule has 115 heavy (non-hydrogen) atoms. The number of nitrogens with one attached hydrogen (secondary N) is 4. The lowest BCUT2D eigenvalue weighted by Crippen LogP contribution is -2.52. The van der Waals surface area contributed by atoms with Gasteiger partial charge in [0.15, 0.2) is 5.78 Å². The highest BCUT2D eigenvalue weighted by atomic mass is 128. The van der Waals surface area contributed by atoms with E-state index in [-0.39, 0.29) is 63.9 Å². The molecule has 2 saturated heterocycles. The molecular formula is C84H118I3N13O11S4. The van der Waals surface area contributed by atoms with E-state index < -0.39 is 36.3 Å². The summed E-state index contributed by atoms with van der Waals surface area (Å²) < 4.78 is 21.7. The van der Waals surface area contributed by atoms with E-state index in [4.69, 9.17) is 29.7 Å². The van der Waals surface area contributed by atoms with Gasteiger partial charge in [0.25, 0.3) is 0 Å². The van der Waals surface area contributed by atoms with Crippen LogP contribution in [-0.2, 0) is 80.5 Å². The fourth-order valence-corrected chi connectivity index (χ4v) is 15.1. The van der Waals surface area contributed by atoms with Crippen LogP contribution in [0.2, 0.25) is 0 Å². The molecule has 630 valence electrons. The molecule has 6 atom stereocenters. The van der Waals surface area contributed by atoms with Crippen molar-refractivity contribution in [2.45, 2.75) is 174 Å². The molecule has 24 nitrogen and oxygen atoms in total. The number of hydrogen-bond donors (Lipinski definition) is 5. The highest BCUT2D eigenvalue weighted by Gasteiger charge is 2.29. The third kappa shape index (κ3) is 40.7. The van der Waals surface area contributed by atoms with Crippen LogP contribution in [0.25, 0.3) is 0 Å². The maximum atomic E-state index is 14.3. The van der Waals surface area contributed by atoms with Gasteiger partial charge in [0, 0.05) is 158 Å². The van der Waals surface area contributed by atoms with E-state index in [1.54, 1.807) is 65.1 Å². The number of hydrogen-bond acceptors (Lipinski definition) is 22. The summed E-state index contributed by atoms with van der Waals surface area (Å²) in [4.78, 5) is 105. The van der Waals surface area contributed by atoms with Crippen molar-refractivity contribution in [2.75, 3.05) is 84.7 Å². The van der Waals surface area contributed by atoms with Crippen molar-refractivity contribution in [3.63, 3.8) is 0 Å². The molecular weight excluding hydrogens is 1880 g/mol. The minimum Gasteiger partial charge on any atom is -0.548 e. The fraction of sp³-hybridized carbons (Fsp3) is 0.488. The van der Waals surface area contributed by atoms with Crippen LogP contribution in [0.15, 0.2) is 156 Å². The Kier molecular flexibility index (Phi) is 51.2. The Bertz CT molecular complexity index is 3910. The first-order valence-corrected chi connectivity index (χ1v) is 50.0. The van der Waals surface area contributed by atoms with Gasteiger partial charge in [-0.05, 0) is 97.3 Å². The highest BCUT2D eigenvalue weighted by molar-refractivity contribution is 15.0. The van der Waals surface area contributed by atoms with E-state index >= 15 is 0 Å². The minimum atomic E-state index is -1.27. The van der Waals surface area contributed by atoms with Crippen molar-refractivity contribution < 1.29 is 52.8 Å². The Labute approximate surface area is 734 Å². The summed E-state index contributed by atoms with van der Waals surface area (Å²) in [5, 5.41) is 29.1. The van der Waals surface area contributed by atoms with Crippen LogP contribution in [0.5, 0.6) is 0 Å². The standard InChI is InChI=1S/C41H54N6O5S2.C23H27N3O2S.C17H28N4O4S.CH3I.CH4.CH3.I2/c1-30(2)39-43-35(28-53-39)26-46(3)40(49)45-37(16-17-47-18-20-51-21-19-47)38(48)24-33(22-31-10-6-4-7-11-31)14-15-34(23-32-12-8-5-9-13-32)44-41(50)52-27-36-25-42-29-54-36;24-20(13-18-7-3-1-4-8-18)11-12-21(14-19-9-5-2-6-10-19)26-23(27)28-16-22-15-25-17-29-22;1-12(2)15-18-13(11-26-15)10-20(3)17(24)19-14(16(22)23)4-5-21-6-8-25-9-7-21;1-2;;;1-2/h4-13,25,28-30,33-34,37H,14-24,26-27H2,1-3H3,(H,44,50)(H,45,49);1-10,15,17,20-21H,11-14,16,24H2,(H,26,27);11-12,14H,4-10H2,1-3H3,(H,19,24)(H,22,23);1H3;1H4;1H3;/q;;;;;+1;/p-1/t33-,34-,37+;20-,21-;14-;;;;/m110..../s1. The van der Waals surface area contributed by atoms with Gasteiger partial charge < -0.3 is 65.6 Å². The van der Waals surface area contributed by atoms with E-state index in [2.05, 4.69) is 182 Å². The molecule has 0 unspecified atom stereocenters. The lowest BCUT2D eigenvalue weighted by molar-refractivity contribution is -0.308. The van der Waals surface area contributed by atoms with Crippen LogP contribution in [0.1, 0.15) is 145 Å². The van der Waals surface area contributed by atoms with Crippen LogP contribution in [0, 0.1) is 13.3 Å². The zero-order valence-corrected chi connectivity index (χ0v) is 76.5. The maximum Gasteiger partial charge on any atom is 0.407 e. The number of alkyl halides is 1. The first-order valence-electron chi connectivity index (χ1n) is 38.1. The molecule has 10 rings (SSSR count). The number of carbonyl (C=O) groups is 6. The SMILES string of the molecule is C.CC(C)c1nc(CN(C)C(=O)N[C@@H](CCN2CCOCC2)C(=O)C[C@H](CC[C@H](Cc2ccccc2)NC(=O)OCc2cncs2)Cc2ccccc2)cs1.CC(C)c1nc(CN(C)C(=O)N[C@@H](CCN2CCOCC2)C(=O)[O-])cs1.CI.II.N[C@H](CC[C@H](Cc1ccccc1)NC(=O)OCc1cncs1)Cc1ccccc1.[CH3+].